The van der Waals surface area contributed by atoms with Crippen LogP contribution >= 0.6 is 0 Å². The van der Waals surface area contributed by atoms with Gasteiger partial charge in [-0.15, -0.1) is 0 Å². The molecule has 0 saturated carbocycles. The molecule has 7 nitrogen and oxygen atoms in total. The molecule has 28 heavy (non-hydrogen) atoms. The van der Waals surface area contributed by atoms with E-state index >= 15 is 0 Å². The highest BCUT2D eigenvalue weighted by molar-refractivity contribution is 7.90. The van der Waals surface area contributed by atoms with Gasteiger partial charge in [0.2, 0.25) is 5.88 Å². The molecular formula is C20H22N4O3S. The summed E-state index contributed by atoms with van der Waals surface area (Å²) in [5.74, 6) is 0.592. The van der Waals surface area contributed by atoms with Gasteiger partial charge >= 0.3 is 0 Å². The summed E-state index contributed by atoms with van der Waals surface area (Å²) in [5.41, 5.74) is 6.19. The maximum absolute atomic E-state index is 11.7. The number of anilines is 1. The van der Waals surface area contributed by atoms with Crippen LogP contribution in [0.4, 0.5) is 5.69 Å². The number of aromatic nitrogens is 3. The number of hydrogen-bond donors (Lipinski definition) is 1. The highest BCUT2D eigenvalue weighted by atomic mass is 32.2. The normalized spacial score (nSPS) is 14.0. The second kappa shape index (κ2) is 6.94. The van der Waals surface area contributed by atoms with E-state index in [0.29, 0.717) is 5.88 Å². The lowest BCUT2D eigenvalue weighted by molar-refractivity contribution is 0.399. The van der Waals surface area contributed by atoms with Crippen LogP contribution < -0.4 is 9.64 Å². The van der Waals surface area contributed by atoms with E-state index in [-0.39, 0.29) is 5.03 Å². The topological polar surface area (TPSA) is 88.2 Å². The van der Waals surface area contributed by atoms with Crippen LogP contribution in [0.25, 0.3) is 11.3 Å². The minimum absolute atomic E-state index is 0.110. The third kappa shape index (κ3) is 3.35. The fraction of sp³-hybridized carbons (Fsp3) is 0.300. The lowest BCUT2D eigenvalue weighted by atomic mass is 10.1. The van der Waals surface area contributed by atoms with Crippen LogP contribution in [0.5, 0.6) is 5.88 Å². The van der Waals surface area contributed by atoms with Crippen molar-refractivity contribution in [3.63, 3.8) is 0 Å². The molecule has 146 valence electrons. The van der Waals surface area contributed by atoms with E-state index in [1.54, 1.807) is 25.6 Å². The minimum atomic E-state index is -3.31. The summed E-state index contributed by atoms with van der Waals surface area (Å²) in [6.45, 7) is 3.48. The van der Waals surface area contributed by atoms with Gasteiger partial charge in [-0.05, 0) is 42.3 Å². The van der Waals surface area contributed by atoms with Crippen molar-refractivity contribution in [2.75, 3.05) is 24.8 Å². The molecule has 0 aromatic carbocycles. The van der Waals surface area contributed by atoms with Gasteiger partial charge in [-0.25, -0.2) is 18.4 Å². The van der Waals surface area contributed by atoms with Gasteiger partial charge in [0.05, 0.1) is 30.3 Å². The van der Waals surface area contributed by atoms with Crippen LogP contribution in [-0.4, -0.2) is 43.3 Å². The Balaban J connectivity index is 1.63. The summed E-state index contributed by atoms with van der Waals surface area (Å²) in [6, 6.07) is 7.65. The van der Waals surface area contributed by atoms with E-state index in [1.807, 2.05) is 19.1 Å². The lowest BCUT2D eigenvalue weighted by Crippen LogP contribution is -2.30. The van der Waals surface area contributed by atoms with Crippen LogP contribution in [0.15, 0.2) is 41.7 Å². The molecule has 0 aliphatic carbocycles. The van der Waals surface area contributed by atoms with Gasteiger partial charge in [0, 0.05) is 37.7 Å². The predicted octanol–water partition coefficient (Wildman–Crippen LogP) is 2.75. The van der Waals surface area contributed by atoms with Crippen molar-refractivity contribution >= 4 is 15.5 Å². The molecule has 0 saturated heterocycles. The molecule has 4 heterocycles. The van der Waals surface area contributed by atoms with Crippen molar-refractivity contribution < 1.29 is 13.2 Å². The summed E-state index contributed by atoms with van der Waals surface area (Å²) in [6.07, 6.45) is 5.41. The first-order valence-electron chi connectivity index (χ1n) is 8.98. The van der Waals surface area contributed by atoms with Crippen molar-refractivity contribution in [2.45, 2.75) is 24.9 Å². The van der Waals surface area contributed by atoms with Gasteiger partial charge in [-0.1, -0.05) is 0 Å². The maximum Gasteiger partial charge on any atom is 0.222 e. The summed E-state index contributed by atoms with van der Waals surface area (Å²) in [7, 11) is -1.69. The fourth-order valence-corrected chi connectivity index (χ4v) is 4.24. The SMILES string of the molecule is COc1ncccc1-c1cc2c([nH]1)CCN(c1cnc(S(C)(=O)=O)cc1C)C2. The quantitative estimate of drug-likeness (QED) is 0.727. The Hall–Kier alpha value is -2.87. The molecular weight excluding hydrogens is 376 g/mol. The molecule has 0 amide bonds. The average molecular weight is 398 g/mol. The van der Waals surface area contributed by atoms with Crippen LogP contribution in [0.2, 0.25) is 0 Å². The summed E-state index contributed by atoms with van der Waals surface area (Å²) in [5, 5.41) is 0.110. The number of H-pyrrole nitrogens is 1. The van der Waals surface area contributed by atoms with E-state index in [4.69, 9.17) is 4.74 Å². The summed E-state index contributed by atoms with van der Waals surface area (Å²) < 4.78 is 28.8. The third-order valence-corrected chi connectivity index (χ3v) is 6.00. The monoisotopic (exact) mass is 398 g/mol. The summed E-state index contributed by atoms with van der Waals surface area (Å²) in [4.78, 5) is 14.2. The van der Waals surface area contributed by atoms with Gasteiger partial charge in [0.25, 0.3) is 0 Å². The first kappa shape index (κ1) is 18.5. The number of nitrogens with zero attached hydrogens (tertiary/aromatic N) is 3. The van der Waals surface area contributed by atoms with Crippen molar-refractivity contribution in [1.29, 1.82) is 0 Å². The van der Waals surface area contributed by atoms with Gasteiger partial charge in [-0.3, -0.25) is 0 Å². The molecule has 0 unspecified atom stereocenters. The lowest BCUT2D eigenvalue weighted by Gasteiger charge is -2.30. The zero-order valence-electron chi connectivity index (χ0n) is 16.1. The minimum Gasteiger partial charge on any atom is -0.481 e. The van der Waals surface area contributed by atoms with E-state index in [1.165, 1.54) is 17.5 Å². The molecule has 0 bridgehead atoms. The zero-order valence-corrected chi connectivity index (χ0v) is 16.9. The van der Waals surface area contributed by atoms with Crippen LogP contribution in [0.3, 0.4) is 0 Å². The van der Waals surface area contributed by atoms with Crippen LogP contribution in [-0.2, 0) is 22.8 Å². The smallest absolute Gasteiger partial charge is 0.222 e. The molecule has 0 atom stereocenters. The molecule has 0 fully saturated rings. The largest absolute Gasteiger partial charge is 0.481 e. The fourth-order valence-electron chi connectivity index (χ4n) is 3.60. The first-order valence-corrected chi connectivity index (χ1v) is 10.9. The number of ether oxygens (including phenoxy) is 1. The van der Waals surface area contributed by atoms with E-state index < -0.39 is 9.84 Å². The van der Waals surface area contributed by atoms with Crippen LogP contribution in [0, 0.1) is 6.92 Å². The zero-order chi connectivity index (χ0) is 19.9. The number of aryl methyl sites for hydroxylation is 1. The number of methoxy groups -OCH3 is 1. The van der Waals surface area contributed by atoms with E-state index in [9.17, 15) is 8.42 Å². The van der Waals surface area contributed by atoms with Gasteiger partial charge < -0.3 is 14.6 Å². The Bertz CT molecular complexity index is 1140. The summed E-state index contributed by atoms with van der Waals surface area (Å²) >= 11 is 0. The van der Waals surface area contributed by atoms with Crippen molar-refractivity contribution in [2.24, 2.45) is 0 Å². The second-order valence-electron chi connectivity index (χ2n) is 7.00. The molecule has 1 aliphatic heterocycles. The third-order valence-electron chi connectivity index (χ3n) is 5.02. The first-order chi connectivity index (χ1) is 13.4. The molecule has 3 aromatic heterocycles. The molecule has 3 aromatic rings. The standard InChI is InChI=1S/C20H22N4O3S/c1-13-9-19(28(3,25)26)22-11-18(13)24-8-6-16-14(12-24)10-17(23-16)15-5-4-7-21-20(15)27-2/h4-5,7,9-11,23H,6,8,12H2,1-3H3. The molecule has 4 rings (SSSR count). The Morgan fingerprint density at radius 2 is 2.07 bits per heavy atom. The molecule has 0 spiro atoms. The molecule has 1 aliphatic rings. The molecule has 0 radical (unpaired) electrons. The average Bonchev–Trinajstić information content (AvgIpc) is 3.10. The number of hydrogen-bond acceptors (Lipinski definition) is 6. The van der Waals surface area contributed by atoms with Crippen molar-refractivity contribution in [1.82, 2.24) is 15.0 Å². The van der Waals surface area contributed by atoms with E-state index in [0.717, 1.165) is 42.0 Å². The van der Waals surface area contributed by atoms with Crippen molar-refractivity contribution in [3.05, 3.63) is 53.5 Å². The van der Waals surface area contributed by atoms with Gasteiger partial charge in [-0.2, -0.15) is 0 Å². The predicted molar refractivity (Wildman–Crippen MR) is 107 cm³/mol. The second-order valence-corrected chi connectivity index (χ2v) is 8.96. The number of fused-ring (bicyclic) bond motifs is 1. The number of pyridine rings is 2. The number of sulfone groups is 1. The van der Waals surface area contributed by atoms with Gasteiger partial charge in [0.1, 0.15) is 0 Å². The Morgan fingerprint density at radius 1 is 1.25 bits per heavy atom. The highest BCUT2D eigenvalue weighted by Gasteiger charge is 2.22. The van der Waals surface area contributed by atoms with E-state index in [2.05, 4.69) is 25.9 Å². The molecule has 8 heteroatoms. The van der Waals surface area contributed by atoms with Crippen LogP contribution in [0.1, 0.15) is 16.8 Å². The van der Waals surface area contributed by atoms with Gasteiger partial charge in [0.15, 0.2) is 14.9 Å². The number of nitrogens with one attached hydrogen (secondary N) is 1. The molecule has 1 N–H and O–H groups in total. The van der Waals surface area contributed by atoms with Crippen molar-refractivity contribution in [3.8, 4) is 17.1 Å². The Labute approximate surface area is 164 Å². The number of rotatable bonds is 4. The highest BCUT2D eigenvalue weighted by Crippen LogP contribution is 2.33. The number of aromatic amines is 1. The maximum atomic E-state index is 11.7. The Kier molecular flexibility index (Phi) is 4.58. The Morgan fingerprint density at radius 3 is 2.79 bits per heavy atom.